The molecule has 6 rings (SSSR count). The third kappa shape index (κ3) is 4.56. The van der Waals surface area contributed by atoms with Crippen LogP contribution in [0.3, 0.4) is 0 Å². The van der Waals surface area contributed by atoms with Crippen LogP contribution < -0.4 is 4.74 Å². The summed E-state index contributed by atoms with van der Waals surface area (Å²) in [5.74, 6) is 0.571. The Labute approximate surface area is 220 Å². The maximum absolute atomic E-state index is 12.9. The Morgan fingerprint density at radius 3 is 2.49 bits per heavy atom. The minimum atomic E-state index is -0.230. The summed E-state index contributed by atoms with van der Waals surface area (Å²) < 4.78 is 5.36. The van der Waals surface area contributed by atoms with Crippen LogP contribution in [0.4, 0.5) is 0 Å². The minimum absolute atomic E-state index is 0.0794. The summed E-state index contributed by atoms with van der Waals surface area (Å²) in [7, 11) is 1.66. The van der Waals surface area contributed by atoms with Crippen LogP contribution in [-0.2, 0) is 4.79 Å². The van der Waals surface area contributed by atoms with Gasteiger partial charge in [-0.05, 0) is 76.0 Å². The van der Waals surface area contributed by atoms with E-state index in [1.165, 1.54) is 22.5 Å². The fourth-order valence-corrected chi connectivity index (χ4v) is 5.61. The van der Waals surface area contributed by atoms with Crippen LogP contribution in [0.15, 0.2) is 106 Å². The summed E-state index contributed by atoms with van der Waals surface area (Å²) in [4.78, 5) is 17.9. The Bertz CT molecular complexity index is 1600. The maximum atomic E-state index is 12.9. The molecular weight excluding hydrogens is 478 g/mol. The molecule has 0 aromatic heterocycles. The number of carbonyl (C=O) groups is 1. The quantitative estimate of drug-likeness (QED) is 0.282. The van der Waals surface area contributed by atoms with Gasteiger partial charge in [-0.1, -0.05) is 72.8 Å². The van der Waals surface area contributed by atoms with Crippen LogP contribution in [0, 0.1) is 6.92 Å². The summed E-state index contributed by atoms with van der Waals surface area (Å²) in [5, 5.41) is 9.91. The number of carbonyl (C=O) groups excluding carboxylic acids is 1. The van der Waals surface area contributed by atoms with Crippen LogP contribution in [0.25, 0.3) is 16.8 Å². The SMILES string of the molecule is COc1ccc(C2CC(c3ccc4ccccc4c3)=NN2C2=NC(=O)/C(=C/c3ccccc3C)S2)cc1. The van der Waals surface area contributed by atoms with Gasteiger partial charge in [0.05, 0.1) is 23.8 Å². The van der Waals surface area contributed by atoms with Gasteiger partial charge in [-0.15, -0.1) is 0 Å². The van der Waals surface area contributed by atoms with E-state index in [1.807, 2.05) is 66.5 Å². The molecule has 0 bridgehead atoms. The first-order valence-corrected chi connectivity index (χ1v) is 13.0. The monoisotopic (exact) mass is 503 g/mol. The third-order valence-corrected chi connectivity index (χ3v) is 7.75. The number of ether oxygens (including phenoxy) is 1. The smallest absolute Gasteiger partial charge is 0.286 e. The summed E-state index contributed by atoms with van der Waals surface area (Å²) in [6.45, 7) is 2.04. The standard InChI is InChI=1S/C31H25N3O2S/c1-20-7-3-4-9-23(20)18-29-30(35)32-31(37-29)34-28(22-13-15-26(36-2)16-14-22)19-27(33-34)25-12-11-21-8-5-6-10-24(21)17-25/h3-18,28H,19H2,1-2H3/b29-18-. The molecule has 2 aliphatic heterocycles. The molecule has 4 aromatic carbocycles. The molecule has 0 saturated heterocycles. The Balaban J connectivity index is 1.37. The van der Waals surface area contributed by atoms with Gasteiger partial charge in [0, 0.05) is 6.42 Å². The lowest BCUT2D eigenvalue weighted by Gasteiger charge is -2.22. The molecule has 182 valence electrons. The molecule has 6 heteroatoms. The molecule has 4 aromatic rings. The van der Waals surface area contributed by atoms with Crippen molar-refractivity contribution < 1.29 is 9.53 Å². The number of nitrogens with zero attached hydrogens (tertiary/aromatic N) is 3. The Morgan fingerprint density at radius 2 is 1.70 bits per heavy atom. The largest absolute Gasteiger partial charge is 0.497 e. The predicted octanol–water partition coefficient (Wildman–Crippen LogP) is 6.98. The molecular formula is C31H25N3O2S. The average molecular weight is 504 g/mol. The van der Waals surface area contributed by atoms with E-state index in [1.54, 1.807) is 7.11 Å². The lowest BCUT2D eigenvalue weighted by Crippen LogP contribution is -2.23. The lowest BCUT2D eigenvalue weighted by atomic mass is 9.97. The fraction of sp³-hybridized carbons (Fsp3) is 0.129. The second-order valence-electron chi connectivity index (χ2n) is 9.11. The number of amidine groups is 1. The molecule has 0 N–H and O–H groups in total. The average Bonchev–Trinajstić information content (AvgIpc) is 3.54. The van der Waals surface area contributed by atoms with Gasteiger partial charge in [-0.3, -0.25) is 4.79 Å². The van der Waals surface area contributed by atoms with Crippen LogP contribution in [0.1, 0.15) is 34.7 Å². The lowest BCUT2D eigenvalue weighted by molar-refractivity contribution is -0.113. The van der Waals surface area contributed by atoms with E-state index in [0.717, 1.165) is 33.7 Å². The predicted molar refractivity (Wildman–Crippen MR) is 152 cm³/mol. The highest BCUT2D eigenvalue weighted by atomic mass is 32.2. The molecule has 0 aliphatic carbocycles. The van der Waals surface area contributed by atoms with Gasteiger partial charge in [0.25, 0.3) is 5.91 Å². The van der Waals surface area contributed by atoms with Gasteiger partial charge < -0.3 is 4.74 Å². The number of hydrogen-bond acceptors (Lipinski definition) is 5. The van der Waals surface area contributed by atoms with Crippen molar-refractivity contribution in [1.82, 2.24) is 5.01 Å². The van der Waals surface area contributed by atoms with Crippen molar-refractivity contribution >= 4 is 45.4 Å². The first kappa shape index (κ1) is 23.3. The molecule has 1 amide bonds. The van der Waals surface area contributed by atoms with Gasteiger partial charge in [-0.25, -0.2) is 5.01 Å². The normalized spacial score (nSPS) is 18.4. The van der Waals surface area contributed by atoms with Gasteiger partial charge in [0.2, 0.25) is 0 Å². The van der Waals surface area contributed by atoms with Crippen molar-refractivity contribution in [2.45, 2.75) is 19.4 Å². The van der Waals surface area contributed by atoms with E-state index in [0.29, 0.717) is 16.5 Å². The highest BCUT2D eigenvalue weighted by Gasteiger charge is 2.36. The number of aryl methyl sites for hydroxylation is 1. The molecule has 0 radical (unpaired) electrons. The van der Waals surface area contributed by atoms with Crippen molar-refractivity contribution in [3.8, 4) is 5.75 Å². The molecule has 5 nitrogen and oxygen atoms in total. The second kappa shape index (κ2) is 9.71. The second-order valence-corrected chi connectivity index (χ2v) is 10.1. The van der Waals surface area contributed by atoms with E-state index in [4.69, 9.17) is 9.84 Å². The van der Waals surface area contributed by atoms with Crippen molar-refractivity contribution in [3.63, 3.8) is 0 Å². The van der Waals surface area contributed by atoms with E-state index in [-0.39, 0.29) is 11.9 Å². The van der Waals surface area contributed by atoms with Crippen LogP contribution in [0.5, 0.6) is 5.75 Å². The van der Waals surface area contributed by atoms with Gasteiger partial charge in [0.15, 0.2) is 5.17 Å². The Hall–Kier alpha value is -4.16. The topological polar surface area (TPSA) is 54.3 Å². The zero-order chi connectivity index (χ0) is 25.4. The maximum Gasteiger partial charge on any atom is 0.286 e. The highest BCUT2D eigenvalue weighted by molar-refractivity contribution is 8.18. The van der Waals surface area contributed by atoms with Crippen LogP contribution in [0.2, 0.25) is 0 Å². The van der Waals surface area contributed by atoms with Crippen molar-refractivity contribution in [2.24, 2.45) is 10.1 Å². The first-order chi connectivity index (χ1) is 18.1. The zero-order valence-corrected chi connectivity index (χ0v) is 21.4. The summed E-state index contributed by atoms with van der Waals surface area (Å²) >= 11 is 1.38. The van der Waals surface area contributed by atoms with Crippen LogP contribution in [-0.4, -0.2) is 28.9 Å². The first-order valence-electron chi connectivity index (χ1n) is 12.2. The number of rotatable bonds is 4. The van der Waals surface area contributed by atoms with E-state index < -0.39 is 0 Å². The molecule has 1 atom stereocenters. The number of thioether (sulfide) groups is 1. The van der Waals surface area contributed by atoms with Gasteiger partial charge >= 0.3 is 0 Å². The van der Waals surface area contributed by atoms with E-state index in [9.17, 15) is 4.79 Å². The molecule has 2 heterocycles. The summed E-state index contributed by atoms with van der Waals surface area (Å²) in [6.07, 6.45) is 2.63. The molecule has 0 fully saturated rings. The Kier molecular flexibility index (Phi) is 6.10. The number of aliphatic imine (C=N–C) groups is 1. The molecule has 2 aliphatic rings. The third-order valence-electron chi connectivity index (χ3n) is 6.77. The molecule has 1 unspecified atom stereocenters. The van der Waals surface area contributed by atoms with Crippen LogP contribution >= 0.6 is 11.8 Å². The van der Waals surface area contributed by atoms with Gasteiger partial charge in [0.1, 0.15) is 5.75 Å². The Morgan fingerprint density at radius 1 is 0.946 bits per heavy atom. The number of methoxy groups -OCH3 is 1. The minimum Gasteiger partial charge on any atom is -0.497 e. The summed E-state index contributed by atoms with van der Waals surface area (Å²) in [6, 6.07) is 30.7. The zero-order valence-electron chi connectivity index (χ0n) is 20.6. The van der Waals surface area contributed by atoms with Gasteiger partial charge in [-0.2, -0.15) is 10.1 Å². The number of amides is 1. The van der Waals surface area contributed by atoms with Crippen molar-refractivity contribution in [1.29, 1.82) is 0 Å². The summed E-state index contributed by atoms with van der Waals surface area (Å²) in [5.41, 5.74) is 5.27. The number of benzene rings is 4. The van der Waals surface area contributed by atoms with E-state index >= 15 is 0 Å². The van der Waals surface area contributed by atoms with Crippen molar-refractivity contribution in [3.05, 3.63) is 118 Å². The van der Waals surface area contributed by atoms with Crippen molar-refractivity contribution in [2.75, 3.05) is 7.11 Å². The number of hydrogen-bond donors (Lipinski definition) is 0. The molecule has 0 spiro atoms. The highest BCUT2D eigenvalue weighted by Crippen LogP contribution is 2.40. The fourth-order valence-electron chi connectivity index (χ4n) is 4.70. The molecule has 0 saturated carbocycles. The van der Waals surface area contributed by atoms with E-state index in [2.05, 4.69) is 47.5 Å². The molecule has 37 heavy (non-hydrogen) atoms. The number of hydrazone groups is 1. The number of fused-ring (bicyclic) bond motifs is 1.